The number of rotatable bonds is 10. The molecule has 0 fully saturated rings. The fraction of sp³-hybridized carbons (Fsp3) is 0.650. The van der Waals surface area contributed by atoms with Gasteiger partial charge < -0.3 is 15.2 Å². The van der Waals surface area contributed by atoms with E-state index in [1.54, 1.807) is 11.3 Å². The maximum Gasteiger partial charge on any atom is 0.191 e. The summed E-state index contributed by atoms with van der Waals surface area (Å²) in [5, 5.41) is 14.2. The van der Waals surface area contributed by atoms with E-state index in [-0.39, 0.29) is 0 Å². The summed E-state index contributed by atoms with van der Waals surface area (Å²) in [6.45, 7) is 12.9. The van der Waals surface area contributed by atoms with Gasteiger partial charge in [0, 0.05) is 42.8 Å². The highest BCUT2D eigenvalue weighted by Gasteiger charge is 2.13. The molecule has 0 saturated heterocycles. The van der Waals surface area contributed by atoms with E-state index in [1.807, 2.05) is 6.07 Å². The molecule has 0 bridgehead atoms. The van der Waals surface area contributed by atoms with Gasteiger partial charge in [-0.3, -0.25) is 0 Å². The van der Waals surface area contributed by atoms with E-state index >= 15 is 0 Å². The second-order valence-electron chi connectivity index (χ2n) is 6.94. The van der Waals surface area contributed by atoms with Crippen molar-refractivity contribution in [2.75, 3.05) is 13.1 Å². The summed E-state index contributed by atoms with van der Waals surface area (Å²) in [5.41, 5.74) is 2.17. The lowest BCUT2D eigenvalue weighted by Crippen LogP contribution is -2.38. The van der Waals surface area contributed by atoms with E-state index in [1.165, 1.54) is 5.01 Å². The maximum atomic E-state index is 5.46. The Kier molecular flexibility index (Phi) is 8.78. The molecule has 0 aliphatic carbocycles. The molecule has 0 atom stereocenters. The third-order valence-corrected chi connectivity index (χ3v) is 5.65. The smallest absolute Gasteiger partial charge is 0.191 e. The van der Waals surface area contributed by atoms with Gasteiger partial charge in [0.2, 0.25) is 0 Å². The Morgan fingerprint density at radius 1 is 1.22 bits per heavy atom. The Bertz CT molecular complexity index is 703. The molecule has 2 aromatic heterocycles. The second kappa shape index (κ2) is 11.1. The number of hydrogen-bond donors (Lipinski definition) is 2. The monoisotopic (exact) mass is 391 g/mol. The number of aliphatic imine (C=N–C) groups is 1. The SMILES string of the molecule is CCNC(=NCc1cc(C(CC)CC)no1)NCCc1csc(C(C)C)n1. The number of hydrogen-bond acceptors (Lipinski definition) is 5. The summed E-state index contributed by atoms with van der Waals surface area (Å²) in [6.07, 6.45) is 3.03. The summed E-state index contributed by atoms with van der Waals surface area (Å²) in [4.78, 5) is 9.29. The van der Waals surface area contributed by atoms with Gasteiger partial charge in [-0.25, -0.2) is 9.98 Å². The van der Waals surface area contributed by atoms with Crippen LogP contribution in [-0.2, 0) is 13.0 Å². The number of thiazole rings is 1. The van der Waals surface area contributed by atoms with Gasteiger partial charge in [-0.15, -0.1) is 11.3 Å². The number of nitrogens with zero attached hydrogens (tertiary/aromatic N) is 3. The summed E-state index contributed by atoms with van der Waals surface area (Å²) in [7, 11) is 0. The minimum atomic E-state index is 0.465. The van der Waals surface area contributed by atoms with Crippen LogP contribution < -0.4 is 10.6 Å². The molecule has 0 radical (unpaired) electrons. The lowest BCUT2D eigenvalue weighted by Gasteiger charge is -2.10. The Morgan fingerprint density at radius 2 is 2.00 bits per heavy atom. The third kappa shape index (κ3) is 6.65. The predicted octanol–water partition coefficient (Wildman–Crippen LogP) is 4.46. The van der Waals surface area contributed by atoms with Crippen LogP contribution >= 0.6 is 11.3 Å². The number of guanidine groups is 1. The molecule has 0 amide bonds. The van der Waals surface area contributed by atoms with Crippen molar-refractivity contribution in [2.24, 2.45) is 4.99 Å². The maximum absolute atomic E-state index is 5.46. The van der Waals surface area contributed by atoms with Crippen LogP contribution in [-0.4, -0.2) is 29.2 Å². The molecule has 2 rings (SSSR count). The molecular weight excluding hydrogens is 358 g/mol. The molecular formula is C20H33N5OS. The van der Waals surface area contributed by atoms with E-state index in [9.17, 15) is 0 Å². The van der Waals surface area contributed by atoms with Gasteiger partial charge in [-0.05, 0) is 19.8 Å². The van der Waals surface area contributed by atoms with Gasteiger partial charge in [-0.2, -0.15) is 0 Å². The van der Waals surface area contributed by atoms with Gasteiger partial charge in [0.25, 0.3) is 0 Å². The highest BCUT2D eigenvalue weighted by atomic mass is 32.1. The lowest BCUT2D eigenvalue weighted by molar-refractivity contribution is 0.372. The zero-order chi connectivity index (χ0) is 19.6. The van der Waals surface area contributed by atoms with E-state index in [0.29, 0.717) is 18.4 Å². The molecule has 2 heterocycles. The van der Waals surface area contributed by atoms with E-state index < -0.39 is 0 Å². The highest BCUT2D eigenvalue weighted by Crippen LogP contribution is 2.22. The predicted molar refractivity (Wildman–Crippen MR) is 113 cm³/mol. The van der Waals surface area contributed by atoms with Gasteiger partial charge >= 0.3 is 0 Å². The van der Waals surface area contributed by atoms with Crippen LogP contribution in [0.5, 0.6) is 0 Å². The topological polar surface area (TPSA) is 75.3 Å². The summed E-state index contributed by atoms with van der Waals surface area (Å²) >= 11 is 1.74. The van der Waals surface area contributed by atoms with Gasteiger partial charge in [-0.1, -0.05) is 32.9 Å². The first-order valence-corrected chi connectivity index (χ1v) is 10.9. The van der Waals surface area contributed by atoms with E-state index in [4.69, 9.17) is 4.52 Å². The molecule has 7 heteroatoms. The molecule has 2 aromatic rings. The van der Waals surface area contributed by atoms with Crippen LogP contribution in [0.15, 0.2) is 21.0 Å². The normalized spacial score (nSPS) is 12.2. The Labute approximate surface area is 166 Å². The van der Waals surface area contributed by atoms with Crippen LogP contribution in [0.25, 0.3) is 0 Å². The lowest BCUT2D eigenvalue weighted by atomic mass is 9.99. The summed E-state index contributed by atoms with van der Waals surface area (Å²) in [6, 6.07) is 2.04. The first kappa shape index (κ1) is 21.4. The Hall–Kier alpha value is -1.89. The van der Waals surface area contributed by atoms with Gasteiger partial charge in [0.1, 0.15) is 6.54 Å². The molecule has 0 aliphatic rings. The van der Waals surface area contributed by atoms with Crippen molar-refractivity contribution in [3.8, 4) is 0 Å². The second-order valence-corrected chi connectivity index (χ2v) is 7.82. The van der Waals surface area contributed by atoms with Crippen LogP contribution in [0.2, 0.25) is 0 Å². The van der Waals surface area contributed by atoms with Crippen LogP contribution in [0.4, 0.5) is 0 Å². The average molecular weight is 392 g/mol. The fourth-order valence-corrected chi connectivity index (χ4v) is 3.68. The van der Waals surface area contributed by atoms with E-state index in [0.717, 1.165) is 55.5 Å². The highest BCUT2D eigenvalue weighted by molar-refractivity contribution is 7.09. The molecule has 6 nitrogen and oxygen atoms in total. The molecule has 0 spiro atoms. The van der Waals surface area contributed by atoms with Gasteiger partial charge in [0.15, 0.2) is 11.7 Å². The van der Waals surface area contributed by atoms with Crippen molar-refractivity contribution in [1.29, 1.82) is 0 Å². The van der Waals surface area contributed by atoms with Crippen molar-refractivity contribution in [2.45, 2.75) is 72.3 Å². The minimum absolute atomic E-state index is 0.465. The zero-order valence-corrected chi connectivity index (χ0v) is 18.0. The molecule has 0 saturated carbocycles. The molecule has 27 heavy (non-hydrogen) atoms. The largest absolute Gasteiger partial charge is 0.359 e. The first-order chi connectivity index (χ1) is 13.1. The van der Waals surface area contributed by atoms with Crippen molar-refractivity contribution < 1.29 is 4.52 Å². The van der Waals surface area contributed by atoms with Crippen LogP contribution in [0.3, 0.4) is 0 Å². The van der Waals surface area contributed by atoms with Crippen LogP contribution in [0, 0.1) is 0 Å². The van der Waals surface area contributed by atoms with Crippen molar-refractivity contribution in [3.05, 3.63) is 33.6 Å². The number of nitrogens with one attached hydrogen (secondary N) is 2. The van der Waals surface area contributed by atoms with E-state index in [2.05, 4.69) is 65.8 Å². The quantitative estimate of drug-likeness (QED) is 0.462. The Balaban J connectivity index is 1.88. The molecule has 0 unspecified atom stereocenters. The average Bonchev–Trinajstić information content (AvgIpc) is 3.31. The van der Waals surface area contributed by atoms with Crippen LogP contribution in [0.1, 0.15) is 81.5 Å². The van der Waals surface area contributed by atoms with Crippen molar-refractivity contribution in [3.63, 3.8) is 0 Å². The first-order valence-electron chi connectivity index (χ1n) is 9.99. The number of aromatic nitrogens is 2. The summed E-state index contributed by atoms with van der Waals surface area (Å²) < 4.78 is 5.46. The molecule has 150 valence electrons. The molecule has 2 N–H and O–H groups in total. The Morgan fingerprint density at radius 3 is 2.63 bits per heavy atom. The fourth-order valence-electron chi connectivity index (χ4n) is 2.81. The third-order valence-electron chi connectivity index (χ3n) is 4.46. The van der Waals surface area contributed by atoms with Crippen molar-refractivity contribution >= 4 is 17.3 Å². The van der Waals surface area contributed by atoms with Gasteiger partial charge in [0.05, 0.1) is 16.4 Å². The molecule has 0 aliphatic heterocycles. The standard InChI is InChI=1S/C20H33N5OS/c1-6-15(7-2)18-11-17(26-25-18)12-23-20(21-8-3)22-10-9-16-13-27-19(24-16)14(4)5/h11,13-15H,6-10,12H2,1-5H3,(H2,21,22,23). The minimum Gasteiger partial charge on any atom is -0.359 e. The molecule has 0 aromatic carbocycles. The van der Waals surface area contributed by atoms with Crippen molar-refractivity contribution in [1.82, 2.24) is 20.8 Å². The zero-order valence-electron chi connectivity index (χ0n) is 17.2. The summed E-state index contributed by atoms with van der Waals surface area (Å²) in [5.74, 6) is 2.54.